The summed E-state index contributed by atoms with van der Waals surface area (Å²) in [7, 11) is 0. The molecule has 2 rings (SSSR count). The summed E-state index contributed by atoms with van der Waals surface area (Å²) >= 11 is 0. The molecule has 1 heterocycles. The average molecular weight is 169 g/mol. The highest BCUT2D eigenvalue weighted by Gasteiger charge is 2.30. The third-order valence-corrected chi connectivity index (χ3v) is 2.42. The molecule has 0 spiro atoms. The molecule has 1 aliphatic carbocycles. The van der Waals surface area contributed by atoms with E-state index in [0.717, 1.165) is 6.42 Å². The smallest absolute Gasteiger partial charge is 0.127 e. The number of aliphatic hydroxyl groups excluding tert-OH is 1. The Kier molecular flexibility index (Phi) is 1.97. The van der Waals surface area contributed by atoms with Gasteiger partial charge < -0.3 is 5.11 Å². The predicted molar refractivity (Wildman–Crippen MR) is 45.1 cm³/mol. The van der Waals surface area contributed by atoms with Crippen molar-refractivity contribution in [3.8, 4) is 0 Å². The molecule has 0 saturated heterocycles. The molecule has 0 radical (unpaired) electrons. The molecule has 0 amide bonds. The molecule has 1 saturated carbocycles. The fraction of sp³-hybridized carbons (Fsp3) is 0.667. The van der Waals surface area contributed by atoms with Crippen molar-refractivity contribution in [3.05, 3.63) is 11.6 Å². The van der Waals surface area contributed by atoms with Crippen LogP contribution < -0.4 is 0 Å². The molecule has 0 unspecified atom stereocenters. The first-order valence-electron chi connectivity index (χ1n) is 4.36. The summed E-state index contributed by atoms with van der Waals surface area (Å²) in [6, 6.07) is 0. The standard InChI is InChI=1S/C9H12FNO/c10-7-3-4-8(12)9-6(7)2-1-5-11-9/h2,7-8,12H,1,3-5H2/t7-,8+/m0/s1. The van der Waals surface area contributed by atoms with Gasteiger partial charge in [0, 0.05) is 12.1 Å². The van der Waals surface area contributed by atoms with Crippen molar-refractivity contribution >= 4 is 5.71 Å². The number of halogens is 1. The quantitative estimate of drug-likeness (QED) is 0.581. The molecule has 0 bridgehead atoms. The molecule has 66 valence electrons. The van der Waals surface area contributed by atoms with Crippen molar-refractivity contribution < 1.29 is 9.50 Å². The van der Waals surface area contributed by atoms with Crippen LogP contribution in [0.1, 0.15) is 19.3 Å². The number of hydrogen-bond acceptors (Lipinski definition) is 2. The Labute approximate surface area is 70.8 Å². The molecule has 2 aliphatic rings. The van der Waals surface area contributed by atoms with E-state index in [0.29, 0.717) is 30.7 Å². The summed E-state index contributed by atoms with van der Waals surface area (Å²) in [5.41, 5.74) is 1.24. The first kappa shape index (κ1) is 7.92. The maximum absolute atomic E-state index is 13.2. The molecule has 3 heteroatoms. The minimum absolute atomic E-state index is 0.437. The summed E-state index contributed by atoms with van der Waals surface area (Å²) in [6.45, 7) is 0.697. The first-order chi connectivity index (χ1) is 5.79. The van der Waals surface area contributed by atoms with E-state index in [2.05, 4.69) is 4.99 Å². The van der Waals surface area contributed by atoms with Crippen LogP contribution in [0.2, 0.25) is 0 Å². The zero-order chi connectivity index (χ0) is 8.55. The molecular formula is C9H12FNO. The fourth-order valence-corrected chi connectivity index (χ4v) is 1.78. The van der Waals surface area contributed by atoms with E-state index in [1.165, 1.54) is 0 Å². The second-order valence-corrected chi connectivity index (χ2v) is 3.28. The zero-order valence-corrected chi connectivity index (χ0v) is 6.83. The molecule has 2 nitrogen and oxygen atoms in total. The van der Waals surface area contributed by atoms with Crippen molar-refractivity contribution in [2.45, 2.75) is 31.5 Å². The molecular weight excluding hydrogens is 157 g/mol. The van der Waals surface area contributed by atoms with Crippen molar-refractivity contribution in [1.82, 2.24) is 0 Å². The number of nitrogens with zero attached hydrogens (tertiary/aromatic N) is 1. The highest BCUT2D eigenvalue weighted by atomic mass is 19.1. The van der Waals surface area contributed by atoms with Gasteiger partial charge in [0.1, 0.15) is 6.17 Å². The fourth-order valence-electron chi connectivity index (χ4n) is 1.78. The largest absolute Gasteiger partial charge is 0.387 e. The van der Waals surface area contributed by atoms with Crippen LogP contribution in [0.5, 0.6) is 0 Å². The minimum Gasteiger partial charge on any atom is -0.387 e. The number of alkyl halides is 1. The Morgan fingerprint density at radius 1 is 1.50 bits per heavy atom. The van der Waals surface area contributed by atoms with Gasteiger partial charge in [0.05, 0.1) is 11.8 Å². The number of rotatable bonds is 0. The summed E-state index contributed by atoms with van der Waals surface area (Å²) in [5.74, 6) is 0. The van der Waals surface area contributed by atoms with E-state index in [1.54, 1.807) is 0 Å². The van der Waals surface area contributed by atoms with E-state index in [9.17, 15) is 9.50 Å². The Morgan fingerprint density at radius 2 is 2.33 bits per heavy atom. The lowest BCUT2D eigenvalue weighted by Crippen LogP contribution is -2.34. The maximum atomic E-state index is 13.2. The molecule has 12 heavy (non-hydrogen) atoms. The average Bonchev–Trinajstić information content (AvgIpc) is 2.12. The normalized spacial score (nSPS) is 35.2. The van der Waals surface area contributed by atoms with Crippen molar-refractivity contribution in [3.63, 3.8) is 0 Å². The zero-order valence-electron chi connectivity index (χ0n) is 6.83. The summed E-state index contributed by atoms with van der Waals surface area (Å²) in [4.78, 5) is 4.14. The SMILES string of the molecule is O[C@@H]1CC[C@H](F)C2=CCCN=C21. The van der Waals surface area contributed by atoms with Gasteiger partial charge in [0.15, 0.2) is 0 Å². The van der Waals surface area contributed by atoms with Gasteiger partial charge >= 0.3 is 0 Å². The number of hydrogen-bond donors (Lipinski definition) is 1. The number of dihydropyridines is 1. The summed E-state index contributed by atoms with van der Waals surface area (Å²) in [5, 5.41) is 9.48. The van der Waals surface area contributed by atoms with Crippen LogP contribution >= 0.6 is 0 Å². The highest BCUT2D eigenvalue weighted by molar-refractivity contribution is 6.05. The van der Waals surface area contributed by atoms with Gasteiger partial charge in [0.2, 0.25) is 0 Å². The Morgan fingerprint density at radius 3 is 3.08 bits per heavy atom. The summed E-state index contributed by atoms with van der Waals surface area (Å²) < 4.78 is 13.2. The molecule has 1 aliphatic heterocycles. The lowest BCUT2D eigenvalue weighted by Gasteiger charge is -2.27. The van der Waals surface area contributed by atoms with Crippen LogP contribution in [-0.4, -0.2) is 29.6 Å². The van der Waals surface area contributed by atoms with Gasteiger partial charge in [-0.2, -0.15) is 0 Å². The maximum Gasteiger partial charge on any atom is 0.127 e. The lowest BCUT2D eigenvalue weighted by atomic mass is 9.87. The van der Waals surface area contributed by atoms with Crippen LogP contribution in [0.25, 0.3) is 0 Å². The molecule has 2 atom stereocenters. The number of fused-ring (bicyclic) bond motifs is 1. The van der Waals surface area contributed by atoms with Crippen molar-refractivity contribution in [1.29, 1.82) is 0 Å². The monoisotopic (exact) mass is 169 g/mol. The number of aliphatic hydroxyl groups is 1. The third-order valence-electron chi connectivity index (χ3n) is 2.42. The van der Waals surface area contributed by atoms with Gasteiger partial charge in [-0.15, -0.1) is 0 Å². The predicted octanol–water partition coefficient (Wildman–Crippen LogP) is 1.25. The van der Waals surface area contributed by atoms with Gasteiger partial charge in [-0.1, -0.05) is 6.08 Å². The van der Waals surface area contributed by atoms with Gasteiger partial charge in [0.25, 0.3) is 0 Å². The van der Waals surface area contributed by atoms with Crippen molar-refractivity contribution in [2.24, 2.45) is 4.99 Å². The van der Waals surface area contributed by atoms with Crippen molar-refractivity contribution in [2.75, 3.05) is 6.54 Å². The molecule has 0 aromatic rings. The second kappa shape index (κ2) is 2.98. The topological polar surface area (TPSA) is 32.6 Å². The molecule has 1 fully saturated rings. The van der Waals surface area contributed by atoms with E-state index < -0.39 is 12.3 Å². The minimum atomic E-state index is -0.896. The van der Waals surface area contributed by atoms with E-state index in [-0.39, 0.29) is 0 Å². The van der Waals surface area contributed by atoms with E-state index in [4.69, 9.17) is 0 Å². The van der Waals surface area contributed by atoms with Crippen LogP contribution in [0, 0.1) is 0 Å². The number of aliphatic imine (C=N–C) groups is 1. The highest BCUT2D eigenvalue weighted by Crippen LogP contribution is 2.27. The van der Waals surface area contributed by atoms with Gasteiger partial charge in [-0.05, 0) is 19.3 Å². The third kappa shape index (κ3) is 1.18. The molecule has 1 N–H and O–H groups in total. The van der Waals surface area contributed by atoms with E-state index >= 15 is 0 Å². The summed E-state index contributed by atoms with van der Waals surface area (Å²) in [6.07, 6.45) is 2.21. The van der Waals surface area contributed by atoms with Crippen LogP contribution in [0.4, 0.5) is 4.39 Å². The second-order valence-electron chi connectivity index (χ2n) is 3.28. The Balaban J connectivity index is 2.28. The van der Waals surface area contributed by atoms with E-state index in [1.807, 2.05) is 6.08 Å². The molecule has 0 aromatic carbocycles. The molecule has 0 aromatic heterocycles. The Hall–Kier alpha value is -0.700. The lowest BCUT2D eigenvalue weighted by molar-refractivity contribution is 0.196. The van der Waals surface area contributed by atoms with Crippen LogP contribution in [-0.2, 0) is 0 Å². The van der Waals surface area contributed by atoms with Crippen LogP contribution in [0.15, 0.2) is 16.6 Å². The van der Waals surface area contributed by atoms with Crippen LogP contribution in [0.3, 0.4) is 0 Å². The Bertz CT molecular complexity index is 221. The first-order valence-corrected chi connectivity index (χ1v) is 4.36. The van der Waals surface area contributed by atoms with Gasteiger partial charge in [-0.25, -0.2) is 4.39 Å². The van der Waals surface area contributed by atoms with Gasteiger partial charge in [-0.3, -0.25) is 4.99 Å².